The smallest absolute Gasteiger partial charge is 0.266 e. The maximum absolute atomic E-state index is 5.59. The van der Waals surface area contributed by atoms with Crippen LogP contribution in [-0.4, -0.2) is 21.8 Å². The molecular formula is C11H12ClN3O2. The van der Waals surface area contributed by atoms with Crippen molar-refractivity contribution in [2.75, 3.05) is 6.61 Å². The highest BCUT2D eigenvalue weighted by molar-refractivity contribution is 6.16. The number of ether oxygens (including phenoxy) is 1. The Hall–Kier alpha value is -1.62. The number of nitrogens with zero attached hydrogens (tertiary/aromatic N) is 3. The lowest BCUT2D eigenvalue weighted by atomic mass is 10.3. The highest BCUT2D eigenvalue weighted by Crippen LogP contribution is 2.22. The van der Waals surface area contributed by atoms with Crippen LogP contribution >= 0.6 is 11.6 Å². The molecule has 0 N–H and O–H groups in total. The van der Waals surface area contributed by atoms with Gasteiger partial charge in [0.05, 0.1) is 12.3 Å². The first-order valence-electron chi connectivity index (χ1n) is 5.23. The Labute approximate surface area is 104 Å². The van der Waals surface area contributed by atoms with Crippen LogP contribution in [0, 0.1) is 6.92 Å². The molecule has 0 saturated heterocycles. The molecule has 17 heavy (non-hydrogen) atoms. The summed E-state index contributed by atoms with van der Waals surface area (Å²) in [6.45, 7) is 4.41. The van der Waals surface area contributed by atoms with E-state index in [-0.39, 0.29) is 5.88 Å². The largest absolute Gasteiger partial charge is 0.492 e. The zero-order chi connectivity index (χ0) is 12.3. The van der Waals surface area contributed by atoms with Gasteiger partial charge in [0, 0.05) is 0 Å². The van der Waals surface area contributed by atoms with E-state index in [1.165, 1.54) is 0 Å². The molecule has 0 aliphatic carbocycles. The fraction of sp³-hybridized carbons (Fsp3) is 0.364. The topological polar surface area (TPSA) is 61.0 Å². The Morgan fingerprint density at radius 1 is 1.35 bits per heavy atom. The minimum atomic E-state index is 0.197. The summed E-state index contributed by atoms with van der Waals surface area (Å²) >= 11 is 5.59. The van der Waals surface area contributed by atoms with Crippen molar-refractivity contribution in [3.63, 3.8) is 0 Å². The maximum Gasteiger partial charge on any atom is 0.266 e. The Morgan fingerprint density at radius 2 is 2.18 bits per heavy atom. The molecular weight excluding hydrogens is 242 g/mol. The summed E-state index contributed by atoms with van der Waals surface area (Å²) < 4.78 is 10.7. The van der Waals surface area contributed by atoms with E-state index in [1.807, 2.05) is 19.9 Å². The highest BCUT2D eigenvalue weighted by Gasteiger charge is 2.11. The van der Waals surface area contributed by atoms with Crippen LogP contribution in [0.2, 0.25) is 0 Å². The van der Waals surface area contributed by atoms with Gasteiger partial charge in [-0.05, 0) is 26.0 Å². The van der Waals surface area contributed by atoms with E-state index in [4.69, 9.17) is 20.8 Å². The second kappa shape index (κ2) is 5.14. The minimum absolute atomic E-state index is 0.197. The average molecular weight is 254 g/mol. The van der Waals surface area contributed by atoms with Crippen LogP contribution in [0.25, 0.3) is 11.6 Å². The van der Waals surface area contributed by atoms with E-state index in [0.29, 0.717) is 24.1 Å². The van der Waals surface area contributed by atoms with E-state index in [9.17, 15) is 0 Å². The lowest BCUT2D eigenvalue weighted by Crippen LogP contribution is -1.96. The Morgan fingerprint density at radius 3 is 2.76 bits per heavy atom. The first-order chi connectivity index (χ1) is 8.24. The number of aromatic nitrogens is 3. The highest BCUT2D eigenvalue weighted by atomic mass is 35.5. The Kier molecular flexibility index (Phi) is 3.58. The molecule has 2 aromatic heterocycles. The van der Waals surface area contributed by atoms with Crippen LogP contribution in [0.1, 0.15) is 18.5 Å². The molecule has 0 radical (unpaired) electrons. The molecule has 5 nitrogen and oxygen atoms in total. The van der Waals surface area contributed by atoms with Gasteiger partial charge in [0.25, 0.3) is 5.89 Å². The number of hydrogen-bond acceptors (Lipinski definition) is 5. The molecule has 0 bridgehead atoms. The van der Waals surface area contributed by atoms with Crippen LogP contribution in [-0.2, 0) is 5.88 Å². The van der Waals surface area contributed by atoms with E-state index < -0.39 is 0 Å². The van der Waals surface area contributed by atoms with Crippen LogP contribution in [0.15, 0.2) is 16.5 Å². The van der Waals surface area contributed by atoms with E-state index in [1.54, 1.807) is 6.07 Å². The van der Waals surface area contributed by atoms with Crippen LogP contribution in [0.5, 0.6) is 5.75 Å². The first-order valence-corrected chi connectivity index (χ1v) is 5.77. The lowest BCUT2D eigenvalue weighted by molar-refractivity contribution is 0.336. The van der Waals surface area contributed by atoms with E-state index >= 15 is 0 Å². The molecule has 6 heteroatoms. The third-order valence-corrected chi connectivity index (χ3v) is 2.37. The molecule has 0 saturated carbocycles. The van der Waals surface area contributed by atoms with Gasteiger partial charge in [-0.15, -0.1) is 21.8 Å². The summed E-state index contributed by atoms with van der Waals surface area (Å²) in [5.74, 6) is 1.71. The number of hydrogen-bond donors (Lipinski definition) is 0. The van der Waals surface area contributed by atoms with E-state index in [0.717, 1.165) is 11.4 Å². The summed E-state index contributed by atoms with van der Waals surface area (Å²) in [5.41, 5.74) is 1.41. The molecule has 0 fully saturated rings. The number of rotatable bonds is 4. The predicted octanol–water partition coefficient (Wildman–Crippen LogP) is 2.58. The summed E-state index contributed by atoms with van der Waals surface area (Å²) in [7, 11) is 0. The van der Waals surface area contributed by atoms with Gasteiger partial charge in [0.15, 0.2) is 0 Å². The monoisotopic (exact) mass is 253 g/mol. The van der Waals surface area contributed by atoms with Gasteiger partial charge in [0.1, 0.15) is 17.3 Å². The van der Waals surface area contributed by atoms with Crippen molar-refractivity contribution in [1.82, 2.24) is 15.2 Å². The first kappa shape index (κ1) is 11.9. The Balaban J connectivity index is 2.30. The SMILES string of the molecule is CCOc1ccc(-c2nnc(CCl)o2)nc1C. The predicted molar refractivity (Wildman–Crippen MR) is 63.0 cm³/mol. The maximum atomic E-state index is 5.59. The Bertz CT molecular complexity index is 513. The second-order valence-electron chi connectivity index (χ2n) is 3.35. The fourth-order valence-electron chi connectivity index (χ4n) is 1.39. The van der Waals surface area contributed by atoms with Crippen molar-refractivity contribution in [3.8, 4) is 17.3 Å². The van der Waals surface area contributed by atoms with Gasteiger partial charge in [-0.25, -0.2) is 4.98 Å². The molecule has 0 unspecified atom stereocenters. The third-order valence-electron chi connectivity index (χ3n) is 2.14. The molecule has 0 aliphatic heterocycles. The van der Waals surface area contributed by atoms with Crippen molar-refractivity contribution >= 4 is 11.6 Å². The number of alkyl halides is 1. The van der Waals surface area contributed by atoms with Gasteiger partial charge in [-0.3, -0.25) is 0 Å². The summed E-state index contributed by atoms with van der Waals surface area (Å²) in [6.07, 6.45) is 0. The van der Waals surface area contributed by atoms with Crippen LogP contribution < -0.4 is 4.74 Å². The standard InChI is InChI=1S/C11H12ClN3O2/c1-3-16-9-5-4-8(13-7(9)2)11-15-14-10(6-12)17-11/h4-5H,3,6H2,1-2H3. The van der Waals surface area contributed by atoms with Crippen molar-refractivity contribution in [2.45, 2.75) is 19.7 Å². The van der Waals surface area contributed by atoms with E-state index in [2.05, 4.69) is 15.2 Å². The molecule has 0 aromatic carbocycles. The average Bonchev–Trinajstić information content (AvgIpc) is 2.80. The molecule has 0 spiro atoms. The summed E-state index contributed by atoms with van der Waals surface area (Å²) in [5, 5.41) is 7.65. The van der Waals surface area contributed by atoms with Crippen molar-refractivity contribution in [1.29, 1.82) is 0 Å². The van der Waals surface area contributed by atoms with Gasteiger partial charge in [-0.2, -0.15) is 0 Å². The summed E-state index contributed by atoms with van der Waals surface area (Å²) in [4.78, 5) is 4.35. The fourth-order valence-corrected chi connectivity index (χ4v) is 1.49. The number of aryl methyl sites for hydroxylation is 1. The third kappa shape index (κ3) is 2.55. The molecule has 0 amide bonds. The van der Waals surface area contributed by atoms with Gasteiger partial charge in [-0.1, -0.05) is 0 Å². The molecule has 2 heterocycles. The zero-order valence-corrected chi connectivity index (χ0v) is 10.4. The molecule has 2 aromatic rings. The zero-order valence-electron chi connectivity index (χ0n) is 9.61. The second-order valence-corrected chi connectivity index (χ2v) is 3.61. The minimum Gasteiger partial charge on any atom is -0.492 e. The lowest BCUT2D eigenvalue weighted by Gasteiger charge is -2.06. The van der Waals surface area contributed by atoms with Crippen LogP contribution in [0.3, 0.4) is 0 Å². The van der Waals surface area contributed by atoms with Gasteiger partial charge >= 0.3 is 0 Å². The van der Waals surface area contributed by atoms with Crippen molar-refractivity contribution in [2.24, 2.45) is 0 Å². The molecule has 0 aliphatic rings. The number of pyridine rings is 1. The van der Waals surface area contributed by atoms with Crippen molar-refractivity contribution in [3.05, 3.63) is 23.7 Å². The molecule has 90 valence electrons. The van der Waals surface area contributed by atoms with Crippen molar-refractivity contribution < 1.29 is 9.15 Å². The quantitative estimate of drug-likeness (QED) is 0.784. The summed E-state index contributed by atoms with van der Waals surface area (Å²) in [6, 6.07) is 3.62. The molecule has 0 atom stereocenters. The van der Waals surface area contributed by atoms with Gasteiger partial charge in [0.2, 0.25) is 5.89 Å². The number of halogens is 1. The van der Waals surface area contributed by atoms with Gasteiger partial charge < -0.3 is 9.15 Å². The van der Waals surface area contributed by atoms with Crippen LogP contribution in [0.4, 0.5) is 0 Å². The normalized spacial score (nSPS) is 10.5. The molecule has 2 rings (SSSR count).